The number of carbonyl (C=O) groups is 3. The molecule has 1 N–H and O–H groups in total. The minimum absolute atomic E-state index is 0.0653. The van der Waals surface area contributed by atoms with Gasteiger partial charge in [-0.2, -0.15) is 0 Å². The molecule has 3 atom stereocenters. The number of ether oxygens (including phenoxy) is 4. The SMILES string of the molecule is C=CCC(C)(C)CCOC(=O)N[C@H](C(=O)N1C[C@](OC)(c2ccc3cc(OC)c(C=C)cc3c2)C[C@H]1C(=O)OC)C(C)C. The number of likely N-dealkylation sites (tertiary alicyclic amines) is 1. The number of methoxy groups -OCH3 is 3. The predicted octanol–water partition coefficient (Wildman–Crippen LogP) is 5.85. The maximum atomic E-state index is 14.0. The van der Waals surface area contributed by atoms with Gasteiger partial charge in [0.15, 0.2) is 0 Å². The van der Waals surface area contributed by atoms with Crippen molar-refractivity contribution in [2.75, 3.05) is 34.5 Å². The van der Waals surface area contributed by atoms with Gasteiger partial charge in [0.25, 0.3) is 0 Å². The van der Waals surface area contributed by atoms with Gasteiger partial charge in [0.2, 0.25) is 5.91 Å². The molecule has 0 saturated carbocycles. The fraction of sp³-hybridized carbons (Fsp3) is 0.500. The zero-order chi connectivity index (χ0) is 31.9. The Kier molecular flexibility index (Phi) is 11.0. The molecule has 9 nitrogen and oxygen atoms in total. The second-order valence-corrected chi connectivity index (χ2v) is 12.2. The Morgan fingerprint density at radius 1 is 1.12 bits per heavy atom. The lowest BCUT2D eigenvalue weighted by molar-refractivity contribution is -0.151. The molecule has 1 fully saturated rings. The minimum Gasteiger partial charge on any atom is -0.496 e. The molecule has 0 aliphatic carbocycles. The third kappa shape index (κ3) is 7.57. The van der Waals surface area contributed by atoms with Gasteiger partial charge >= 0.3 is 12.1 Å². The van der Waals surface area contributed by atoms with Crippen LogP contribution in [0.1, 0.15) is 58.1 Å². The van der Waals surface area contributed by atoms with E-state index < -0.39 is 35.7 Å². The first-order valence-electron chi connectivity index (χ1n) is 14.6. The van der Waals surface area contributed by atoms with Crippen LogP contribution >= 0.6 is 0 Å². The first-order chi connectivity index (χ1) is 20.3. The van der Waals surface area contributed by atoms with Crippen LogP contribution < -0.4 is 10.1 Å². The summed E-state index contributed by atoms with van der Waals surface area (Å²) in [5.41, 5.74) is 0.596. The van der Waals surface area contributed by atoms with Crippen LogP contribution in [0.2, 0.25) is 0 Å². The largest absolute Gasteiger partial charge is 0.496 e. The van der Waals surface area contributed by atoms with Gasteiger partial charge in [-0.3, -0.25) is 4.79 Å². The number of carbonyl (C=O) groups excluding carboxylic acids is 3. The molecular weight excluding hydrogens is 548 g/mol. The fourth-order valence-electron chi connectivity index (χ4n) is 5.61. The number of esters is 1. The maximum absolute atomic E-state index is 14.0. The molecule has 0 radical (unpaired) electrons. The van der Waals surface area contributed by atoms with Gasteiger partial charge in [0, 0.05) is 19.1 Å². The third-order valence-electron chi connectivity index (χ3n) is 8.32. The summed E-state index contributed by atoms with van der Waals surface area (Å²) in [5, 5.41) is 4.63. The van der Waals surface area contributed by atoms with E-state index in [-0.39, 0.29) is 30.9 Å². The van der Waals surface area contributed by atoms with Crippen LogP contribution in [-0.4, -0.2) is 69.4 Å². The highest BCUT2D eigenvalue weighted by Crippen LogP contribution is 2.41. The lowest BCUT2D eigenvalue weighted by Crippen LogP contribution is -2.54. The molecule has 0 aromatic heterocycles. The molecule has 43 heavy (non-hydrogen) atoms. The van der Waals surface area contributed by atoms with E-state index in [4.69, 9.17) is 18.9 Å². The van der Waals surface area contributed by atoms with Crippen LogP contribution in [0.15, 0.2) is 49.6 Å². The molecule has 234 valence electrons. The number of rotatable bonds is 13. The van der Waals surface area contributed by atoms with Crippen LogP contribution in [0.4, 0.5) is 4.79 Å². The maximum Gasteiger partial charge on any atom is 0.407 e. The second-order valence-electron chi connectivity index (χ2n) is 12.2. The number of allylic oxidation sites excluding steroid dienone is 1. The lowest BCUT2D eigenvalue weighted by atomic mass is 9.86. The average molecular weight is 595 g/mol. The summed E-state index contributed by atoms with van der Waals surface area (Å²) in [6, 6.07) is 7.98. The van der Waals surface area contributed by atoms with Crippen LogP contribution in [0.25, 0.3) is 16.8 Å². The van der Waals surface area contributed by atoms with Crippen molar-refractivity contribution < 1.29 is 33.3 Å². The van der Waals surface area contributed by atoms with Crippen LogP contribution in [0.5, 0.6) is 5.75 Å². The Hall–Kier alpha value is -3.85. The normalized spacial score (nSPS) is 19.2. The van der Waals surface area contributed by atoms with Crippen LogP contribution in [0, 0.1) is 11.3 Å². The van der Waals surface area contributed by atoms with Crippen molar-refractivity contribution >= 4 is 34.8 Å². The number of fused-ring (bicyclic) bond motifs is 1. The van der Waals surface area contributed by atoms with Gasteiger partial charge in [-0.25, -0.2) is 9.59 Å². The van der Waals surface area contributed by atoms with E-state index in [2.05, 4.69) is 32.3 Å². The summed E-state index contributed by atoms with van der Waals surface area (Å²) >= 11 is 0. The third-order valence-corrected chi connectivity index (χ3v) is 8.32. The molecule has 3 rings (SSSR count). The van der Waals surface area contributed by atoms with Crippen molar-refractivity contribution in [3.05, 3.63) is 60.7 Å². The van der Waals surface area contributed by atoms with Crippen molar-refractivity contribution in [1.82, 2.24) is 10.2 Å². The highest BCUT2D eigenvalue weighted by Gasteiger charge is 2.52. The number of hydrogen-bond acceptors (Lipinski definition) is 7. The van der Waals surface area contributed by atoms with E-state index in [9.17, 15) is 14.4 Å². The molecule has 9 heteroatoms. The minimum atomic E-state index is -0.990. The van der Waals surface area contributed by atoms with Crippen LogP contribution in [-0.2, 0) is 29.4 Å². The fourth-order valence-corrected chi connectivity index (χ4v) is 5.61. The summed E-state index contributed by atoms with van der Waals surface area (Å²) in [4.78, 5) is 41.3. The van der Waals surface area contributed by atoms with Gasteiger partial charge < -0.3 is 29.2 Å². The standard InChI is InChI=1S/C34H46N2O7/c1-10-14-33(5,6)15-16-43-32(39)35-29(22(3)4)30(37)36-21-34(42-9,20-27(36)31(38)41-8)26-13-12-24-19-28(40-7)23(11-2)17-25(24)18-26/h10-13,17-19,22,27,29H,1-2,14-16,20-21H2,3-9H3,(H,35,39)/t27-,29-,34-/m0/s1. The van der Waals surface area contributed by atoms with Crippen molar-refractivity contribution in [3.8, 4) is 5.75 Å². The Morgan fingerprint density at radius 3 is 2.42 bits per heavy atom. The molecule has 1 saturated heterocycles. The van der Waals surface area contributed by atoms with Gasteiger partial charge in [-0.15, -0.1) is 6.58 Å². The summed E-state index contributed by atoms with van der Waals surface area (Å²) < 4.78 is 22.1. The number of benzene rings is 2. The smallest absolute Gasteiger partial charge is 0.407 e. The van der Waals surface area contributed by atoms with Crippen LogP contribution in [0.3, 0.4) is 0 Å². The first kappa shape index (κ1) is 33.6. The van der Waals surface area contributed by atoms with Crippen molar-refractivity contribution in [2.45, 2.75) is 64.6 Å². The molecule has 2 aromatic rings. The molecule has 1 heterocycles. The number of hydrogen-bond donors (Lipinski definition) is 1. The number of nitrogens with one attached hydrogen (secondary N) is 1. The zero-order valence-corrected chi connectivity index (χ0v) is 26.5. The quantitative estimate of drug-likeness (QED) is 0.229. The summed E-state index contributed by atoms with van der Waals surface area (Å²) in [6.07, 6.45) is 4.51. The number of amides is 2. The molecule has 2 aromatic carbocycles. The molecule has 0 unspecified atom stereocenters. The zero-order valence-electron chi connectivity index (χ0n) is 26.5. The Balaban J connectivity index is 1.89. The van der Waals surface area contributed by atoms with Crippen molar-refractivity contribution in [2.24, 2.45) is 11.3 Å². The highest BCUT2D eigenvalue weighted by molar-refractivity contribution is 5.91. The first-order valence-corrected chi connectivity index (χ1v) is 14.6. The molecule has 2 amide bonds. The van der Waals surface area contributed by atoms with Crippen molar-refractivity contribution in [3.63, 3.8) is 0 Å². The van der Waals surface area contributed by atoms with E-state index in [1.807, 2.05) is 50.3 Å². The summed E-state index contributed by atoms with van der Waals surface area (Å²) in [7, 11) is 4.48. The van der Waals surface area contributed by atoms with Crippen molar-refractivity contribution in [1.29, 1.82) is 0 Å². The van der Waals surface area contributed by atoms with E-state index >= 15 is 0 Å². The van der Waals surface area contributed by atoms with Gasteiger partial charge in [-0.1, -0.05) is 58.6 Å². The molecule has 0 bridgehead atoms. The number of nitrogens with zero attached hydrogens (tertiary/aromatic N) is 1. The Morgan fingerprint density at radius 2 is 1.84 bits per heavy atom. The molecular formula is C34H46N2O7. The van der Waals surface area contributed by atoms with Gasteiger partial charge in [0.1, 0.15) is 23.4 Å². The monoisotopic (exact) mass is 594 g/mol. The van der Waals surface area contributed by atoms with E-state index in [1.165, 1.54) is 12.0 Å². The highest BCUT2D eigenvalue weighted by atomic mass is 16.5. The van der Waals surface area contributed by atoms with E-state index in [0.29, 0.717) is 12.2 Å². The topological polar surface area (TPSA) is 103 Å². The molecule has 1 aliphatic rings. The lowest BCUT2D eigenvalue weighted by Gasteiger charge is -2.31. The summed E-state index contributed by atoms with van der Waals surface area (Å²) in [5.74, 6) is -0.526. The summed E-state index contributed by atoms with van der Waals surface area (Å²) in [6.45, 7) is 15.8. The van der Waals surface area contributed by atoms with Gasteiger partial charge in [0.05, 0.1) is 27.4 Å². The van der Waals surface area contributed by atoms with Gasteiger partial charge in [-0.05, 0) is 58.7 Å². The Bertz CT molecular complexity index is 1350. The van der Waals surface area contributed by atoms with E-state index in [0.717, 1.165) is 28.3 Å². The molecule has 1 aliphatic heterocycles. The second kappa shape index (κ2) is 14.1. The predicted molar refractivity (Wildman–Crippen MR) is 168 cm³/mol. The average Bonchev–Trinajstić information content (AvgIpc) is 3.39. The Labute approximate surface area is 255 Å². The van der Waals surface area contributed by atoms with E-state index in [1.54, 1.807) is 20.3 Å². The number of alkyl carbamates (subject to hydrolysis) is 1. The molecule has 0 spiro atoms.